The molecular formula is C19H38IN7O3S. The van der Waals surface area contributed by atoms with Gasteiger partial charge in [0.15, 0.2) is 5.96 Å². The van der Waals surface area contributed by atoms with Gasteiger partial charge in [0.1, 0.15) is 0 Å². The molecule has 1 aromatic heterocycles. The Balaban J connectivity index is 0.00000480. The van der Waals surface area contributed by atoms with Gasteiger partial charge in [-0.2, -0.15) is 9.40 Å². The van der Waals surface area contributed by atoms with Crippen molar-refractivity contribution in [3.05, 3.63) is 18.0 Å². The molecule has 1 saturated heterocycles. The number of piperazine rings is 1. The number of likely N-dealkylation sites (N-methyl/N-ethyl adjacent to an activating group) is 1. The number of hydrogen-bond donors (Lipinski definition) is 1. The summed E-state index contributed by atoms with van der Waals surface area (Å²) in [5.74, 6) is 0.805. The van der Waals surface area contributed by atoms with Gasteiger partial charge in [-0.3, -0.25) is 9.67 Å². The Kier molecular flexibility index (Phi) is 11.7. The van der Waals surface area contributed by atoms with Crippen LogP contribution in [-0.4, -0.2) is 111 Å². The summed E-state index contributed by atoms with van der Waals surface area (Å²) in [5, 5.41) is 7.71. The number of nitrogens with one attached hydrogen (secondary N) is 1. The Morgan fingerprint density at radius 2 is 1.94 bits per heavy atom. The maximum Gasteiger partial charge on any atom is 0.216 e. The van der Waals surface area contributed by atoms with Crippen molar-refractivity contribution < 1.29 is 13.2 Å². The molecular weight excluding hydrogens is 533 g/mol. The first-order valence-electron chi connectivity index (χ1n) is 10.3. The van der Waals surface area contributed by atoms with Crippen LogP contribution in [0.25, 0.3) is 0 Å². The second-order valence-electron chi connectivity index (χ2n) is 7.98. The number of ether oxygens (including phenoxy) is 1. The van der Waals surface area contributed by atoms with E-state index in [1.807, 2.05) is 47.4 Å². The molecule has 180 valence electrons. The van der Waals surface area contributed by atoms with Crippen molar-refractivity contribution in [3.63, 3.8) is 0 Å². The summed E-state index contributed by atoms with van der Waals surface area (Å²) in [4.78, 5) is 8.65. The minimum atomic E-state index is -3.30. The van der Waals surface area contributed by atoms with Crippen LogP contribution in [0.15, 0.2) is 17.4 Å². The first-order valence-corrected chi connectivity index (χ1v) is 11.9. The van der Waals surface area contributed by atoms with Crippen molar-refractivity contribution in [2.75, 3.05) is 66.2 Å². The Morgan fingerprint density at radius 1 is 1.29 bits per heavy atom. The highest BCUT2D eigenvalue weighted by Gasteiger charge is 2.28. The van der Waals surface area contributed by atoms with Gasteiger partial charge in [0, 0.05) is 58.6 Å². The normalized spacial score (nSPS) is 17.2. The van der Waals surface area contributed by atoms with Crippen molar-refractivity contribution in [2.45, 2.75) is 26.0 Å². The topological polar surface area (TPSA) is 95.3 Å². The van der Waals surface area contributed by atoms with Gasteiger partial charge in [-0.05, 0) is 27.9 Å². The zero-order chi connectivity index (χ0) is 22.3. The number of aliphatic imine (C=N–C) groups is 1. The van der Waals surface area contributed by atoms with E-state index in [2.05, 4.69) is 25.2 Å². The van der Waals surface area contributed by atoms with Crippen LogP contribution in [0, 0.1) is 0 Å². The monoisotopic (exact) mass is 571 g/mol. The molecule has 1 atom stereocenters. The molecule has 1 aromatic rings. The molecule has 10 nitrogen and oxygen atoms in total. The molecule has 1 fully saturated rings. The van der Waals surface area contributed by atoms with E-state index < -0.39 is 10.0 Å². The second kappa shape index (κ2) is 12.9. The number of rotatable bonds is 9. The molecule has 2 heterocycles. The van der Waals surface area contributed by atoms with E-state index in [1.54, 1.807) is 16.0 Å². The van der Waals surface area contributed by atoms with Crippen molar-refractivity contribution in [1.29, 1.82) is 0 Å². The van der Waals surface area contributed by atoms with Gasteiger partial charge < -0.3 is 19.9 Å². The number of aromatic nitrogens is 2. The fourth-order valence-electron chi connectivity index (χ4n) is 3.43. The molecule has 0 aromatic carbocycles. The quantitative estimate of drug-likeness (QED) is 0.264. The van der Waals surface area contributed by atoms with Gasteiger partial charge in [0.25, 0.3) is 0 Å². The molecule has 1 unspecified atom stereocenters. The Morgan fingerprint density at radius 3 is 2.42 bits per heavy atom. The Bertz CT molecular complexity index is 790. The van der Waals surface area contributed by atoms with Gasteiger partial charge in [-0.1, -0.05) is 0 Å². The highest BCUT2D eigenvalue weighted by atomic mass is 127. The Labute approximate surface area is 204 Å². The summed E-state index contributed by atoms with van der Waals surface area (Å²) in [6.45, 7) is 6.81. The SMILES string of the molecule is CN=C(NCC(c1cnn(C)c1)N(C)C)N1CCN(S(=O)(=O)CCOC(C)C)CC1.I. The molecule has 0 saturated carbocycles. The predicted molar refractivity (Wildman–Crippen MR) is 134 cm³/mol. The van der Waals surface area contributed by atoms with Crippen LogP contribution in [0.2, 0.25) is 0 Å². The number of guanidine groups is 1. The second-order valence-corrected chi connectivity index (χ2v) is 10.1. The smallest absolute Gasteiger partial charge is 0.216 e. The minimum absolute atomic E-state index is 0. The van der Waals surface area contributed by atoms with Crippen LogP contribution in [0.5, 0.6) is 0 Å². The van der Waals surface area contributed by atoms with Crippen LogP contribution >= 0.6 is 24.0 Å². The minimum Gasteiger partial charge on any atom is -0.378 e. The fraction of sp³-hybridized carbons (Fsp3) is 0.789. The first kappa shape index (κ1) is 28.1. The number of hydrogen-bond acceptors (Lipinski definition) is 6. The van der Waals surface area contributed by atoms with Gasteiger partial charge in [0.2, 0.25) is 10.0 Å². The molecule has 0 spiro atoms. The number of nitrogens with zero attached hydrogens (tertiary/aromatic N) is 6. The Hall–Kier alpha value is -0.960. The lowest BCUT2D eigenvalue weighted by molar-refractivity contribution is 0.0904. The lowest BCUT2D eigenvalue weighted by Gasteiger charge is -2.36. The van der Waals surface area contributed by atoms with Crippen LogP contribution in [0.3, 0.4) is 0 Å². The van der Waals surface area contributed by atoms with Crippen molar-refractivity contribution in [2.24, 2.45) is 12.0 Å². The molecule has 0 bridgehead atoms. The molecule has 2 rings (SSSR count). The highest BCUT2D eigenvalue weighted by Crippen LogP contribution is 2.16. The van der Waals surface area contributed by atoms with Crippen LogP contribution in [-0.2, 0) is 21.8 Å². The number of sulfonamides is 1. The number of halogens is 1. The van der Waals surface area contributed by atoms with Crippen LogP contribution in [0.1, 0.15) is 25.5 Å². The molecule has 1 aliphatic rings. The van der Waals surface area contributed by atoms with Crippen molar-refractivity contribution in [1.82, 2.24) is 29.2 Å². The molecule has 1 N–H and O–H groups in total. The zero-order valence-corrected chi connectivity index (χ0v) is 22.6. The van der Waals surface area contributed by atoms with E-state index in [0.717, 1.165) is 11.5 Å². The molecule has 0 amide bonds. The fourth-order valence-corrected chi connectivity index (χ4v) is 4.71. The summed E-state index contributed by atoms with van der Waals surface area (Å²) in [5.41, 5.74) is 1.13. The third kappa shape index (κ3) is 8.48. The van der Waals surface area contributed by atoms with E-state index in [-0.39, 0.29) is 48.5 Å². The summed E-state index contributed by atoms with van der Waals surface area (Å²) < 4.78 is 33.8. The van der Waals surface area contributed by atoms with E-state index in [9.17, 15) is 8.42 Å². The van der Waals surface area contributed by atoms with E-state index in [4.69, 9.17) is 4.74 Å². The van der Waals surface area contributed by atoms with E-state index in [0.29, 0.717) is 32.7 Å². The third-order valence-corrected chi connectivity index (χ3v) is 6.96. The van der Waals surface area contributed by atoms with E-state index >= 15 is 0 Å². The average molecular weight is 572 g/mol. The standard InChI is InChI=1S/C19H37N7O3S.HI/c1-16(2)29-11-12-30(27,28)26-9-7-25(8-10-26)19(20-3)21-14-18(23(4)5)17-13-22-24(6)15-17;/h13,15-16,18H,7-12,14H2,1-6H3,(H,20,21);1H. The van der Waals surface area contributed by atoms with Gasteiger partial charge in [-0.25, -0.2) is 8.42 Å². The highest BCUT2D eigenvalue weighted by molar-refractivity contribution is 14.0. The first-order chi connectivity index (χ1) is 14.1. The zero-order valence-electron chi connectivity index (χ0n) is 19.5. The molecule has 12 heteroatoms. The third-order valence-electron chi connectivity index (χ3n) is 5.12. The largest absolute Gasteiger partial charge is 0.378 e. The maximum absolute atomic E-state index is 12.5. The van der Waals surface area contributed by atoms with Gasteiger partial charge in [0.05, 0.1) is 30.7 Å². The maximum atomic E-state index is 12.5. The molecule has 0 radical (unpaired) electrons. The van der Waals surface area contributed by atoms with E-state index in [1.165, 1.54) is 0 Å². The molecule has 1 aliphatic heterocycles. The summed E-state index contributed by atoms with van der Waals surface area (Å²) in [7, 11) is 4.43. The van der Waals surface area contributed by atoms with Crippen LogP contribution in [0.4, 0.5) is 0 Å². The molecule has 31 heavy (non-hydrogen) atoms. The summed E-state index contributed by atoms with van der Waals surface area (Å²) in [6, 6.07) is 0.151. The van der Waals surface area contributed by atoms with Crippen molar-refractivity contribution in [3.8, 4) is 0 Å². The predicted octanol–water partition coefficient (Wildman–Crippen LogP) is 0.589. The lowest BCUT2D eigenvalue weighted by atomic mass is 10.1. The summed E-state index contributed by atoms with van der Waals surface area (Å²) >= 11 is 0. The molecule has 0 aliphatic carbocycles. The lowest BCUT2D eigenvalue weighted by Crippen LogP contribution is -2.54. The van der Waals surface area contributed by atoms with Gasteiger partial charge in [-0.15, -0.1) is 24.0 Å². The van der Waals surface area contributed by atoms with Crippen LogP contribution < -0.4 is 5.32 Å². The summed E-state index contributed by atoms with van der Waals surface area (Å²) in [6.07, 6.45) is 3.92. The van der Waals surface area contributed by atoms with Crippen molar-refractivity contribution >= 4 is 40.0 Å². The average Bonchev–Trinajstić information content (AvgIpc) is 3.10. The number of aryl methyl sites for hydroxylation is 1. The van der Waals surface area contributed by atoms with Gasteiger partial charge >= 0.3 is 0 Å².